The third-order valence-electron chi connectivity index (χ3n) is 4.07. The lowest BCUT2D eigenvalue weighted by Gasteiger charge is -2.11. The van der Waals surface area contributed by atoms with Crippen molar-refractivity contribution in [2.75, 3.05) is 13.7 Å². The molecule has 0 aliphatic heterocycles. The number of ether oxygens (including phenoxy) is 2. The number of hydrogen-bond acceptors (Lipinski definition) is 5. The van der Waals surface area contributed by atoms with Gasteiger partial charge in [-0.2, -0.15) is 0 Å². The van der Waals surface area contributed by atoms with Crippen LogP contribution >= 0.6 is 0 Å². The fourth-order valence-corrected chi connectivity index (χ4v) is 2.49. The van der Waals surface area contributed by atoms with Crippen LogP contribution in [0.25, 0.3) is 0 Å². The highest BCUT2D eigenvalue weighted by Gasteiger charge is 2.22. The summed E-state index contributed by atoms with van der Waals surface area (Å²) in [4.78, 5) is 19.2. The van der Waals surface area contributed by atoms with E-state index < -0.39 is 0 Å². The van der Waals surface area contributed by atoms with E-state index in [-0.39, 0.29) is 12.1 Å². The number of aliphatic hydroxyl groups is 1. The van der Waals surface area contributed by atoms with E-state index in [2.05, 4.69) is 11.7 Å². The lowest BCUT2D eigenvalue weighted by molar-refractivity contribution is -0.137. The number of rotatable bonds is 7. The van der Waals surface area contributed by atoms with Gasteiger partial charge in [0.1, 0.15) is 11.7 Å². The number of esters is 1. The lowest BCUT2D eigenvalue weighted by Crippen LogP contribution is -2.09. The Morgan fingerprint density at radius 2 is 1.93 bits per heavy atom. The van der Waals surface area contributed by atoms with Gasteiger partial charge in [0.15, 0.2) is 0 Å². The smallest absolute Gasteiger partial charge is 0.302 e. The number of carbonyl (C=O) groups excluding carboxylic acids is 2. The molecule has 1 N–H and O–H groups in total. The third-order valence-corrected chi connectivity index (χ3v) is 4.07. The van der Waals surface area contributed by atoms with Crippen molar-refractivity contribution in [1.82, 2.24) is 0 Å². The molecule has 1 aromatic carbocycles. The summed E-state index contributed by atoms with van der Waals surface area (Å²) in [6.07, 6.45) is 8.84. The Hall–Kier alpha value is -2.10. The number of hydrogen-bond donors (Lipinski definition) is 1. The number of benzene rings is 1. The number of allylic oxidation sites excluding steroid dienone is 1. The Bertz CT molecular complexity index is 523. The SMILES string of the molecule is CCCCCC=C=O.COC(C)=O.OC1CCC(COc2ccccc2)C1. The quantitative estimate of drug-likeness (QED) is 0.433. The van der Waals surface area contributed by atoms with E-state index in [9.17, 15) is 14.7 Å². The molecule has 0 radical (unpaired) electrons. The van der Waals surface area contributed by atoms with Gasteiger partial charge in [-0.1, -0.05) is 38.0 Å². The second-order valence-corrected chi connectivity index (χ2v) is 6.47. The molecule has 0 spiro atoms. The van der Waals surface area contributed by atoms with Crippen LogP contribution in [0, 0.1) is 5.92 Å². The Balaban J connectivity index is 0.000000443. The maximum Gasteiger partial charge on any atom is 0.302 e. The topological polar surface area (TPSA) is 72.8 Å². The summed E-state index contributed by atoms with van der Waals surface area (Å²) in [5.74, 6) is 2.96. The first kappa shape index (κ1) is 24.9. The normalized spacial score (nSPS) is 17.3. The highest BCUT2D eigenvalue weighted by Crippen LogP contribution is 2.26. The Morgan fingerprint density at radius 3 is 2.41 bits per heavy atom. The maximum atomic E-state index is 9.59. The average Bonchev–Trinajstić information content (AvgIpc) is 3.11. The van der Waals surface area contributed by atoms with Crippen LogP contribution < -0.4 is 4.74 Å². The van der Waals surface area contributed by atoms with Gasteiger partial charge in [-0.05, 0) is 56.2 Å². The molecule has 0 saturated heterocycles. The summed E-state index contributed by atoms with van der Waals surface area (Å²) in [6, 6.07) is 9.85. The van der Waals surface area contributed by atoms with E-state index in [0.717, 1.165) is 44.5 Å². The molecule has 1 fully saturated rings. The first-order chi connectivity index (χ1) is 13.0. The van der Waals surface area contributed by atoms with E-state index in [1.54, 1.807) is 12.0 Å². The van der Waals surface area contributed by atoms with E-state index in [0.29, 0.717) is 5.92 Å². The molecule has 1 aromatic rings. The summed E-state index contributed by atoms with van der Waals surface area (Å²) in [5.41, 5.74) is 0. The number of methoxy groups -OCH3 is 1. The van der Waals surface area contributed by atoms with Crippen molar-refractivity contribution in [3.05, 3.63) is 36.4 Å². The molecule has 0 bridgehead atoms. The highest BCUT2D eigenvalue weighted by molar-refractivity contribution is 5.65. The van der Waals surface area contributed by atoms with Crippen molar-refractivity contribution < 1.29 is 24.2 Å². The van der Waals surface area contributed by atoms with E-state index in [4.69, 9.17) is 4.74 Å². The molecule has 2 unspecified atom stereocenters. The van der Waals surface area contributed by atoms with Gasteiger partial charge in [-0.3, -0.25) is 4.79 Å². The predicted octanol–water partition coefficient (Wildman–Crippen LogP) is 4.36. The molecule has 152 valence electrons. The molecular formula is C22H34O5. The Labute approximate surface area is 163 Å². The predicted molar refractivity (Wildman–Crippen MR) is 107 cm³/mol. The molecule has 1 saturated carbocycles. The molecule has 0 aromatic heterocycles. The van der Waals surface area contributed by atoms with Crippen LogP contribution in [-0.2, 0) is 14.3 Å². The summed E-state index contributed by atoms with van der Waals surface area (Å²) in [7, 11) is 1.35. The van der Waals surface area contributed by atoms with Gasteiger partial charge in [0.25, 0.3) is 0 Å². The molecule has 5 nitrogen and oxygen atoms in total. The Kier molecular flexibility index (Phi) is 16.0. The molecule has 2 rings (SSSR count). The van der Waals surface area contributed by atoms with E-state index in [1.165, 1.54) is 26.9 Å². The molecule has 1 aliphatic rings. The molecule has 5 heteroatoms. The van der Waals surface area contributed by atoms with Crippen molar-refractivity contribution >= 4 is 11.9 Å². The van der Waals surface area contributed by atoms with Crippen molar-refractivity contribution in [1.29, 1.82) is 0 Å². The average molecular weight is 379 g/mol. The fraction of sp³-hybridized carbons (Fsp3) is 0.591. The van der Waals surface area contributed by atoms with Gasteiger partial charge < -0.3 is 14.6 Å². The first-order valence-corrected chi connectivity index (χ1v) is 9.63. The van der Waals surface area contributed by atoms with Crippen molar-refractivity contribution in [3.63, 3.8) is 0 Å². The zero-order valence-corrected chi connectivity index (χ0v) is 16.9. The van der Waals surface area contributed by atoms with Crippen LogP contribution in [-0.4, -0.2) is 36.8 Å². The van der Waals surface area contributed by atoms with Gasteiger partial charge in [0.05, 0.1) is 19.8 Å². The fourth-order valence-electron chi connectivity index (χ4n) is 2.49. The third kappa shape index (κ3) is 15.8. The Morgan fingerprint density at radius 1 is 1.26 bits per heavy atom. The maximum absolute atomic E-state index is 9.59. The standard InChI is InChI=1S/C12H16O2.C7H12O.C3H6O2/c13-11-7-6-10(8-11)9-14-12-4-2-1-3-5-12;1-2-3-4-5-6-7-8;1-3(4)5-2/h1-5,10-11,13H,6-9H2;6H,2-5H2,1H3;1-2H3. The summed E-state index contributed by atoms with van der Waals surface area (Å²) in [6.45, 7) is 4.24. The van der Waals surface area contributed by atoms with E-state index >= 15 is 0 Å². The van der Waals surface area contributed by atoms with Gasteiger partial charge in [0, 0.05) is 6.92 Å². The van der Waals surface area contributed by atoms with Gasteiger partial charge in [-0.25, -0.2) is 4.79 Å². The van der Waals surface area contributed by atoms with Crippen LogP contribution in [0.4, 0.5) is 0 Å². The van der Waals surface area contributed by atoms with Crippen molar-refractivity contribution in [2.45, 2.75) is 64.9 Å². The molecule has 1 aliphatic carbocycles. The second kappa shape index (κ2) is 17.3. The summed E-state index contributed by atoms with van der Waals surface area (Å²) < 4.78 is 9.74. The minimum absolute atomic E-state index is 0.0978. The van der Waals surface area contributed by atoms with E-state index in [1.807, 2.05) is 30.3 Å². The molecular weight excluding hydrogens is 344 g/mol. The summed E-state index contributed by atoms with van der Waals surface area (Å²) in [5, 5.41) is 9.34. The van der Waals surface area contributed by atoms with Gasteiger partial charge in [0.2, 0.25) is 0 Å². The van der Waals surface area contributed by atoms with Crippen LogP contribution in [0.2, 0.25) is 0 Å². The minimum atomic E-state index is -0.245. The highest BCUT2D eigenvalue weighted by atomic mass is 16.5. The van der Waals surface area contributed by atoms with Crippen LogP contribution in [0.15, 0.2) is 36.4 Å². The molecule has 0 amide bonds. The van der Waals surface area contributed by atoms with Crippen molar-refractivity contribution in [2.24, 2.45) is 5.92 Å². The van der Waals surface area contributed by atoms with Gasteiger partial charge >= 0.3 is 5.97 Å². The minimum Gasteiger partial charge on any atom is -0.493 e. The zero-order chi connectivity index (χ0) is 20.3. The van der Waals surface area contributed by atoms with Gasteiger partial charge in [-0.15, -0.1) is 0 Å². The molecule has 27 heavy (non-hydrogen) atoms. The van der Waals surface area contributed by atoms with Crippen molar-refractivity contribution in [3.8, 4) is 5.75 Å². The molecule has 0 heterocycles. The number of para-hydroxylation sites is 1. The largest absolute Gasteiger partial charge is 0.493 e. The van der Waals surface area contributed by atoms with Crippen LogP contribution in [0.3, 0.4) is 0 Å². The summed E-state index contributed by atoms with van der Waals surface area (Å²) >= 11 is 0. The van der Waals surface area contributed by atoms with Crippen LogP contribution in [0.1, 0.15) is 58.8 Å². The number of aliphatic hydroxyl groups excluding tert-OH is 1. The lowest BCUT2D eigenvalue weighted by atomic mass is 10.1. The number of carbonyl (C=O) groups is 1. The second-order valence-electron chi connectivity index (χ2n) is 6.47. The first-order valence-electron chi connectivity index (χ1n) is 9.63. The zero-order valence-electron chi connectivity index (χ0n) is 16.9. The van der Waals surface area contributed by atoms with Crippen LogP contribution in [0.5, 0.6) is 5.75 Å². The molecule has 2 atom stereocenters. The number of unbranched alkanes of at least 4 members (excludes halogenated alkanes) is 3. The monoisotopic (exact) mass is 378 g/mol.